The molecule has 276 valence electrons. The summed E-state index contributed by atoms with van der Waals surface area (Å²) in [6, 6.07) is 5.99. The fourth-order valence-electron chi connectivity index (χ4n) is 5.04. The van der Waals surface area contributed by atoms with Crippen molar-refractivity contribution >= 4 is 58.4 Å². The van der Waals surface area contributed by atoms with Gasteiger partial charge in [-0.05, 0) is 45.0 Å². The highest BCUT2D eigenvalue weighted by atomic mass is 16.6. The minimum atomic E-state index is -0.681. The summed E-state index contributed by atoms with van der Waals surface area (Å²) in [6.45, 7) is 8.81. The van der Waals surface area contributed by atoms with E-state index in [0.29, 0.717) is 22.7 Å². The van der Waals surface area contributed by atoms with E-state index in [-0.39, 0.29) is 42.3 Å². The smallest absolute Gasteiger partial charge is 0.412 e. The van der Waals surface area contributed by atoms with Crippen molar-refractivity contribution in [2.75, 3.05) is 34.4 Å². The molecule has 0 aliphatic heterocycles. The number of aromatic nitrogens is 4. The van der Waals surface area contributed by atoms with Gasteiger partial charge in [0.1, 0.15) is 35.0 Å². The number of amides is 5. The molecule has 0 unspecified atom stereocenters. The van der Waals surface area contributed by atoms with E-state index in [1.165, 1.54) is 39.5 Å². The standard InChI is InChI=1S/C35H43N9O8/c1-9-12-51-33(49)28-16-23(19-44(28)8)39-31(47)26-13-21(17-42(26)6)37-29(45)10-11-36-30(46)25-14-22(18-41(25)5)38-32(48)27-15-24(20-43(27)7)40-34(50)52-35(2,3)4/h9,13-20H,1,10-12H2,2-8H3,(H,36,46)(H,37,45)(H,38,48)(H,39,47)(H,40,50). The van der Waals surface area contributed by atoms with Gasteiger partial charge in [0.2, 0.25) is 5.91 Å². The zero-order valence-electron chi connectivity index (χ0n) is 30.1. The van der Waals surface area contributed by atoms with Gasteiger partial charge in [-0.3, -0.25) is 24.5 Å². The van der Waals surface area contributed by atoms with E-state index in [4.69, 9.17) is 9.47 Å². The van der Waals surface area contributed by atoms with Crippen molar-refractivity contribution in [2.45, 2.75) is 32.8 Å². The number of esters is 1. The lowest BCUT2D eigenvalue weighted by atomic mass is 10.2. The second-order valence-corrected chi connectivity index (χ2v) is 12.9. The molecule has 0 saturated heterocycles. The van der Waals surface area contributed by atoms with Crippen molar-refractivity contribution in [3.63, 3.8) is 0 Å². The van der Waals surface area contributed by atoms with Crippen LogP contribution in [0.5, 0.6) is 0 Å². The number of rotatable bonds is 13. The predicted molar refractivity (Wildman–Crippen MR) is 193 cm³/mol. The molecular weight excluding hydrogens is 674 g/mol. The first-order valence-electron chi connectivity index (χ1n) is 16.1. The molecule has 4 rings (SSSR count). The first kappa shape index (κ1) is 38.3. The molecule has 4 aromatic heterocycles. The molecule has 0 atom stereocenters. The van der Waals surface area contributed by atoms with Gasteiger partial charge in [-0.1, -0.05) is 12.7 Å². The van der Waals surface area contributed by atoms with Crippen LogP contribution in [0.4, 0.5) is 27.5 Å². The number of nitrogens with one attached hydrogen (secondary N) is 5. The van der Waals surface area contributed by atoms with Crippen molar-refractivity contribution in [1.82, 2.24) is 23.6 Å². The molecule has 52 heavy (non-hydrogen) atoms. The molecule has 0 spiro atoms. The Hall–Kier alpha value is -6.52. The molecule has 0 bridgehead atoms. The fraction of sp³-hybridized carbons (Fsp3) is 0.314. The molecule has 17 nitrogen and oxygen atoms in total. The Kier molecular flexibility index (Phi) is 11.8. The number of hydrogen-bond acceptors (Lipinski definition) is 8. The van der Waals surface area contributed by atoms with Crippen molar-refractivity contribution < 1.29 is 38.2 Å². The lowest BCUT2D eigenvalue weighted by Gasteiger charge is -2.19. The van der Waals surface area contributed by atoms with E-state index in [1.54, 1.807) is 82.9 Å². The summed E-state index contributed by atoms with van der Waals surface area (Å²) < 4.78 is 16.4. The molecule has 17 heteroatoms. The third kappa shape index (κ3) is 10.0. The molecule has 0 radical (unpaired) electrons. The average Bonchev–Trinajstić information content (AvgIpc) is 3.80. The molecule has 0 aliphatic carbocycles. The van der Waals surface area contributed by atoms with Gasteiger partial charge < -0.3 is 49.0 Å². The number of anilines is 4. The Bertz CT molecular complexity index is 2020. The second kappa shape index (κ2) is 16.0. The van der Waals surface area contributed by atoms with E-state index >= 15 is 0 Å². The monoisotopic (exact) mass is 717 g/mol. The Labute approximate surface area is 299 Å². The number of ether oxygens (including phenoxy) is 2. The van der Waals surface area contributed by atoms with Crippen LogP contribution in [0, 0.1) is 0 Å². The Morgan fingerprint density at radius 3 is 1.56 bits per heavy atom. The predicted octanol–water partition coefficient (Wildman–Crippen LogP) is 3.99. The summed E-state index contributed by atoms with van der Waals surface area (Å²) in [7, 11) is 6.58. The number of hydrogen-bond donors (Lipinski definition) is 5. The number of carbonyl (C=O) groups excluding carboxylic acids is 6. The molecular formula is C35H43N9O8. The Morgan fingerprint density at radius 1 is 0.654 bits per heavy atom. The van der Waals surface area contributed by atoms with Crippen LogP contribution in [-0.4, -0.2) is 72.7 Å². The molecule has 5 N–H and O–H groups in total. The van der Waals surface area contributed by atoms with E-state index in [1.807, 2.05) is 0 Å². The number of aryl methyl sites for hydroxylation is 4. The highest BCUT2D eigenvalue weighted by Crippen LogP contribution is 2.20. The maximum absolute atomic E-state index is 13.0. The molecule has 4 aromatic rings. The lowest BCUT2D eigenvalue weighted by Crippen LogP contribution is -2.28. The average molecular weight is 718 g/mol. The maximum Gasteiger partial charge on any atom is 0.412 e. The van der Waals surface area contributed by atoms with Crippen molar-refractivity contribution in [2.24, 2.45) is 28.2 Å². The Morgan fingerprint density at radius 2 is 1.08 bits per heavy atom. The van der Waals surface area contributed by atoms with Gasteiger partial charge in [-0.15, -0.1) is 0 Å². The summed E-state index contributed by atoms with van der Waals surface area (Å²) in [5, 5.41) is 13.5. The fourth-order valence-corrected chi connectivity index (χ4v) is 5.04. The number of carbonyl (C=O) groups is 6. The van der Waals surface area contributed by atoms with Gasteiger partial charge in [-0.25, -0.2) is 9.59 Å². The van der Waals surface area contributed by atoms with Crippen LogP contribution in [-0.2, 0) is 42.5 Å². The highest BCUT2D eigenvalue weighted by Gasteiger charge is 2.21. The third-order valence-electron chi connectivity index (χ3n) is 7.34. The minimum absolute atomic E-state index is 0.0140. The van der Waals surface area contributed by atoms with Gasteiger partial charge in [0.25, 0.3) is 17.7 Å². The normalized spacial score (nSPS) is 11.0. The van der Waals surface area contributed by atoms with Gasteiger partial charge in [0.15, 0.2) is 0 Å². The highest BCUT2D eigenvalue weighted by molar-refractivity contribution is 6.06. The van der Waals surface area contributed by atoms with Crippen LogP contribution in [0.2, 0.25) is 0 Å². The van der Waals surface area contributed by atoms with Gasteiger partial charge >= 0.3 is 12.1 Å². The summed E-state index contributed by atoms with van der Waals surface area (Å²) in [6.07, 6.45) is 7.03. The van der Waals surface area contributed by atoms with Crippen molar-refractivity contribution in [3.05, 3.63) is 84.5 Å². The van der Waals surface area contributed by atoms with Gasteiger partial charge in [-0.2, -0.15) is 0 Å². The zero-order valence-corrected chi connectivity index (χ0v) is 30.1. The summed E-state index contributed by atoms with van der Waals surface area (Å²) in [5.74, 6) is -2.35. The zero-order chi connectivity index (χ0) is 38.3. The van der Waals surface area contributed by atoms with Crippen LogP contribution in [0.3, 0.4) is 0 Å². The van der Waals surface area contributed by atoms with Crippen molar-refractivity contribution in [3.8, 4) is 0 Å². The third-order valence-corrected chi connectivity index (χ3v) is 7.34. The summed E-state index contributed by atoms with van der Waals surface area (Å²) in [5.41, 5.74) is 1.81. The minimum Gasteiger partial charge on any atom is -0.457 e. The first-order chi connectivity index (χ1) is 24.4. The maximum atomic E-state index is 13.0. The molecule has 5 amide bonds. The molecule has 0 fully saturated rings. The van der Waals surface area contributed by atoms with Crippen LogP contribution < -0.4 is 26.6 Å². The quantitative estimate of drug-likeness (QED) is 0.101. The summed E-state index contributed by atoms with van der Waals surface area (Å²) >= 11 is 0. The molecule has 0 aromatic carbocycles. The van der Waals surface area contributed by atoms with Crippen LogP contribution in [0.25, 0.3) is 0 Å². The van der Waals surface area contributed by atoms with Crippen molar-refractivity contribution in [1.29, 1.82) is 0 Å². The van der Waals surface area contributed by atoms with E-state index in [2.05, 4.69) is 33.2 Å². The first-order valence-corrected chi connectivity index (χ1v) is 16.1. The number of nitrogens with zero attached hydrogens (tertiary/aromatic N) is 4. The molecule has 0 aliphatic rings. The lowest BCUT2D eigenvalue weighted by molar-refractivity contribution is -0.116. The van der Waals surface area contributed by atoms with Crippen LogP contribution in [0.1, 0.15) is 69.1 Å². The largest absolute Gasteiger partial charge is 0.457 e. The van der Waals surface area contributed by atoms with Crippen LogP contribution in [0.15, 0.2) is 61.7 Å². The van der Waals surface area contributed by atoms with E-state index < -0.39 is 41.3 Å². The Balaban J connectivity index is 1.26. The van der Waals surface area contributed by atoms with Crippen LogP contribution >= 0.6 is 0 Å². The van der Waals surface area contributed by atoms with E-state index in [0.717, 1.165) is 0 Å². The SMILES string of the molecule is C=CCOC(=O)c1cc(NC(=O)c2cc(NC(=O)CCNC(=O)c3cc(NC(=O)c4cc(NC(=O)OC(C)(C)C)cn4C)cn3C)cn2C)cn1C. The van der Waals surface area contributed by atoms with Gasteiger partial charge in [0, 0.05) is 65.9 Å². The topological polar surface area (TPSA) is 201 Å². The van der Waals surface area contributed by atoms with Gasteiger partial charge in [0.05, 0.1) is 22.7 Å². The summed E-state index contributed by atoms with van der Waals surface area (Å²) in [4.78, 5) is 75.8. The second-order valence-electron chi connectivity index (χ2n) is 12.9. The van der Waals surface area contributed by atoms with E-state index in [9.17, 15) is 28.8 Å². The molecule has 0 saturated carbocycles. The molecule has 4 heterocycles.